The number of likely N-dealkylation sites (tertiary alicyclic amines) is 1. The Hall–Kier alpha value is -0.700. The molecule has 2 fully saturated rings. The number of rotatable bonds is 5. The Labute approximate surface area is 126 Å². The lowest BCUT2D eigenvalue weighted by Crippen LogP contribution is -2.51. The molecule has 0 spiro atoms. The summed E-state index contributed by atoms with van der Waals surface area (Å²) in [6, 6.07) is -0.176. The second kappa shape index (κ2) is 6.60. The van der Waals surface area contributed by atoms with Crippen LogP contribution in [0.1, 0.15) is 26.7 Å². The van der Waals surface area contributed by atoms with E-state index in [0.29, 0.717) is 13.2 Å². The number of nitrogens with zero attached hydrogens (tertiary/aromatic N) is 3. The highest BCUT2D eigenvalue weighted by atomic mass is 32.2. The van der Waals surface area contributed by atoms with Crippen molar-refractivity contribution in [2.24, 2.45) is 0 Å². The zero-order chi connectivity index (χ0) is 15.6. The van der Waals surface area contributed by atoms with Crippen LogP contribution in [0.3, 0.4) is 0 Å². The summed E-state index contributed by atoms with van der Waals surface area (Å²) in [5, 5.41) is 1.41. The normalized spacial score (nSPS) is 26.0. The lowest BCUT2D eigenvalue weighted by atomic mass is 10.0. The molecule has 0 unspecified atom stereocenters. The summed E-state index contributed by atoms with van der Waals surface area (Å²) in [5.74, 6) is 0.148. The highest BCUT2D eigenvalue weighted by Gasteiger charge is 2.39. The number of likely N-dealkylation sites (N-methyl/N-ethyl adjacent to an activating group) is 1. The first-order valence-electron chi connectivity index (χ1n) is 7.54. The number of sulfonamides is 1. The molecule has 2 rings (SSSR count). The minimum atomic E-state index is -3.14. The van der Waals surface area contributed by atoms with E-state index in [1.807, 2.05) is 6.92 Å². The van der Waals surface area contributed by atoms with Crippen LogP contribution >= 0.6 is 0 Å². The van der Waals surface area contributed by atoms with Gasteiger partial charge in [0.25, 0.3) is 5.91 Å². The topological polar surface area (TPSA) is 70.2 Å². The van der Waals surface area contributed by atoms with Gasteiger partial charge in [-0.1, -0.05) is 0 Å². The van der Waals surface area contributed by atoms with Crippen LogP contribution in [0.15, 0.2) is 0 Å². The van der Waals surface area contributed by atoms with Crippen LogP contribution in [-0.4, -0.2) is 79.7 Å². The molecular weight excluding hydrogens is 294 g/mol. The highest BCUT2D eigenvalue weighted by Crippen LogP contribution is 2.22. The van der Waals surface area contributed by atoms with E-state index in [4.69, 9.17) is 4.84 Å². The number of carbonyl (C=O) groups excluding carboxylic acids is 1. The summed E-state index contributed by atoms with van der Waals surface area (Å²) < 4.78 is 25.3. The van der Waals surface area contributed by atoms with Gasteiger partial charge in [0.2, 0.25) is 10.0 Å². The lowest BCUT2D eigenvalue weighted by Gasteiger charge is -2.37. The van der Waals surface area contributed by atoms with Gasteiger partial charge in [0.1, 0.15) is 6.04 Å². The number of carbonyl (C=O) groups is 1. The van der Waals surface area contributed by atoms with Crippen molar-refractivity contribution in [1.82, 2.24) is 14.3 Å². The monoisotopic (exact) mass is 319 g/mol. The molecular formula is C13H25N3O4S. The molecule has 0 N–H and O–H groups in total. The van der Waals surface area contributed by atoms with Crippen molar-refractivity contribution in [2.45, 2.75) is 38.8 Å². The standard InChI is InChI=1S/C13H25N3O4S/c1-4-16-13(17)12(10-20-16)15-8-6-11(7-9-15)14(3)21(18,19)5-2/h11-12H,4-10H2,1-3H3/t12-/m1/s1. The maximum Gasteiger partial charge on any atom is 0.265 e. The van der Waals surface area contributed by atoms with Crippen LogP contribution < -0.4 is 0 Å². The SMILES string of the molecule is CCN1OC[C@@H](N2CCC(N(C)S(=O)(=O)CC)CC2)C1=O. The first kappa shape index (κ1) is 16.7. The van der Waals surface area contributed by atoms with Gasteiger partial charge < -0.3 is 0 Å². The number of hydroxylamine groups is 2. The van der Waals surface area contributed by atoms with Crippen molar-refractivity contribution in [3.63, 3.8) is 0 Å². The van der Waals surface area contributed by atoms with Gasteiger partial charge in [-0.3, -0.25) is 14.5 Å². The fourth-order valence-corrected chi connectivity index (χ4v) is 4.03. The molecule has 0 saturated carbocycles. The average molecular weight is 319 g/mol. The van der Waals surface area contributed by atoms with Crippen molar-refractivity contribution in [2.75, 3.05) is 39.0 Å². The van der Waals surface area contributed by atoms with Crippen LogP contribution in [0.4, 0.5) is 0 Å². The minimum Gasteiger partial charge on any atom is -0.290 e. The largest absolute Gasteiger partial charge is 0.290 e. The Balaban J connectivity index is 1.91. The molecule has 7 nitrogen and oxygen atoms in total. The van der Waals surface area contributed by atoms with Crippen LogP contribution in [0.2, 0.25) is 0 Å². The maximum absolute atomic E-state index is 12.1. The molecule has 0 aromatic heterocycles. The van der Waals surface area contributed by atoms with Crippen molar-refractivity contribution in [1.29, 1.82) is 0 Å². The summed E-state index contributed by atoms with van der Waals surface area (Å²) in [4.78, 5) is 19.6. The average Bonchev–Trinajstić information content (AvgIpc) is 2.87. The van der Waals surface area contributed by atoms with E-state index in [0.717, 1.165) is 25.9 Å². The molecule has 0 aromatic rings. The summed E-state index contributed by atoms with van der Waals surface area (Å²) in [5.41, 5.74) is 0. The quantitative estimate of drug-likeness (QED) is 0.707. The van der Waals surface area contributed by atoms with Crippen molar-refractivity contribution in [3.8, 4) is 0 Å². The molecule has 2 aliphatic rings. The van der Waals surface area contributed by atoms with E-state index >= 15 is 0 Å². The molecule has 1 atom stereocenters. The number of hydrogen-bond donors (Lipinski definition) is 0. The molecule has 1 amide bonds. The summed E-state index contributed by atoms with van der Waals surface area (Å²) >= 11 is 0. The summed E-state index contributed by atoms with van der Waals surface area (Å²) in [6.45, 7) is 5.97. The number of amides is 1. The van der Waals surface area contributed by atoms with Crippen LogP contribution in [0, 0.1) is 0 Å². The van der Waals surface area contributed by atoms with E-state index in [1.54, 1.807) is 14.0 Å². The molecule has 0 radical (unpaired) electrons. The second-order valence-corrected chi connectivity index (χ2v) is 7.85. The Morgan fingerprint density at radius 2 is 1.90 bits per heavy atom. The third kappa shape index (κ3) is 3.39. The van der Waals surface area contributed by atoms with Crippen molar-refractivity contribution < 1.29 is 18.0 Å². The molecule has 0 bridgehead atoms. The minimum absolute atomic E-state index is 0.0190. The van der Waals surface area contributed by atoms with Crippen LogP contribution in [0.5, 0.6) is 0 Å². The molecule has 0 aliphatic carbocycles. The zero-order valence-electron chi connectivity index (χ0n) is 13.0. The Morgan fingerprint density at radius 3 is 2.38 bits per heavy atom. The number of hydrogen-bond acceptors (Lipinski definition) is 5. The van der Waals surface area contributed by atoms with E-state index in [1.165, 1.54) is 9.37 Å². The molecule has 2 heterocycles. The summed E-state index contributed by atoms with van der Waals surface area (Å²) in [6.07, 6.45) is 1.51. The fourth-order valence-electron chi connectivity index (χ4n) is 2.96. The van der Waals surface area contributed by atoms with Crippen LogP contribution in [-0.2, 0) is 19.7 Å². The van der Waals surface area contributed by atoms with Gasteiger partial charge in [-0.15, -0.1) is 0 Å². The third-order valence-electron chi connectivity index (χ3n) is 4.46. The van der Waals surface area contributed by atoms with Gasteiger partial charge >= 0.3 is 0 Å². The molecule has 122 valence electrons. The summed E-state index contributed by atoms with van der Waals surface area (Å²) in [7, 11) is -1.49. The Kier molecular flexibility index (Phi) is 5.24. The molecule has 21 heavy (non-hydrogen) atoms. The Bertz CT molecular complexity index is 474. The fraction of sp³-hybridized carbons (Fsp3) is 0.923. The van der Waals surface area contributed by atoms with E-state index in [-0.39, 0.29) is 23.7 Å². The van der Waals surface area contributed by atoms with E-state index in [2.05, 4.69) is 4.90 Å². The van der Waals surface area contributed by atoms with Crippen molar-refractivity contribution in [3.05, 3.63) is 0 Å². The van der Waals surface area contributed by atoms with Gasteiger partial charge in [-0.05, 0) is 26.7 Å². The molecule has 2 saturated heterocycles. The molecule has 8 heteroatoms. The van der Waals surface area contributed by atoms with Crippen molar-refractivity contribution >= 4 is 15.9 Å². The van der Waals surface area contributed by atoms with Gasteiger partial charge in [0.15, 0.2) is 0 Å². The first-order chi connectivity index (χ1) is 9.90. The predicted octanol–water partition coefficient (Wildman–Crippen LogP) is -0.105. The van der Waals surface area contributed by atoms with Gasteiger partial charge in [-0.2, -0.15) is 0 Å². The molecule has 2 aliphatic heterocycles. The van der Waals surface area contributed by atoms with Gasteiger partial charge in [-0.25, -0.2) is 17.8 Å². The predicted molar refractivity (Wildman–Crippen MR) is 78.9 cm³/mol. The zero-order valence-corrected chi connectivity index (χ0v) is 13.8. The maximum atomic E-state index is 12.1. The van der Waals surface area contributed by atoms with Crippen LogP contribution in [0.25, 0.3) is 0 Å². The third-order valence-corrected chi connectivity index (χ3v) is 6.37. The van der Waals surface area contributed by atoms with E-state index in [9.17, 15) is 13.2 Å². The van der Waals surface area contributed by atoms with Gasteiger partial charge in [0.05, 0.1) is 12.4 Å². The lowest BCUT2D eigenvalue weighted by molar-refractivity contribution is -0.160. The number of piperidine rings is 1. The van der Waals surface area contributed by atoms with E-state index < -0.39 is 10.0 Å². The van der Waals surface area contributed by atoms with Gasteiger partial charge in [0, 0.05) is 32.7 Å². The molecule has 0 aromatic carbocycles. The highest BCUT2D eigenvalue weighted by molar-refractivity contribution is 7.89. The smallest absolute Gasteiger partial charge is 0.265 e. The Morgan fingerprint density at radius 1 is 1.29 bits per heavy atom. The first-order valence-corrected chi connectivity index (χ1v) is 9.15. The second-order valence-electron chi connectivity index (χ2n) is 5.53.